The maximum Gasteiger partial charge on any atom is 0.192 e. The highest BCUT2D eigenvalue weighted by atomic mass is 28.4. The van der Waals surface area contributed by atoms with Gasteiger partial charge < -0.3 is 9.16 Å². The maximum absolute atomic E-state index is 6.45. The van der Waals surface area contributed by atoms with Gasteiger partial charge in [-0.1, -0.05) is 40.2 Å². The van der Waals surface area contributed by atoms with Gasteiger partial charge in [0, 0.05) is 6.42 Å². The van der Waals surface area contributed by atoms with Gasteiger partial charge in [-0.15, -0.1) is 0 Å². The third-order valence-electron chi connectivity index (χ3n) is 4.84. The minimum atomic E-state index is -1.53. The van der Waals surface area contributed by atoms with Gasteiger partial charge in [-0.2, -0.15) is 0 Å². The molecule has 0 amide bonds. The van der Waals surface area contributed by atoms with Crippen LogP contribution in [0.4, 0.5) is 0 Å². The molecule has 2 nitrogen and oxygen atoms in total. The Morgan fingerprint density at radius 3 is 2.41 bits per heavy atom. The van der Waals surface area contributed by atoms with E-state index >= 15 is 0 Å². The summed E-state index contributed by atoms with van der Waals surface area (Å²) in [5.74, 6) is 1.18. The molecule has 128 valence electrons. The van der Waals surface area contributed by atoms with Crippen molar-refractivity contribution < 1.29 is 9.16 Å². The first-order chi connectivity index (χ1) is 10.7. The van der Waals surface area contributed by atoms with Crippen molar-refractivity contribution in [2.45, 2.75) is 90.5 Å². The van der Waals surface area contributed by atoms with Crippen LogP contribution in [0.3, 0.4) is 0 Å². The van der Waals surface area contributed by atoms with Crippen molar-refractivity contribution in [3.05, 3.63) is 24.0 Å². The van der Waals surface area contributed by atoms with E-state index < -0.39 is 8.32 Å². The van der Waals surface area contributed by atoms with Gasteiger partial charge in [0.1, 0.15) is 6.10 Å². The molecule has 0 radical (unpaired) electrons. The molecule has 3 heteroatoms. The second-order valence-corrected chi connectivity index (χ2v) is 11.1. The Morgan fingerprint density at radius 1 is 1.14 bits per heavy atom. The van der Waals surface area contributed by atoms with E-state index in [-0.39, 0.29) is 6.10 Å². The Balaban J connectivity index is 2.62. The van der Waals surface area contributed by atoms with Crippen LogP contribution in [-0.4, -0.2) is 21.0 Å². The topological polar surface area (TPSA) is 18.5 Å². The molecule has 22 heavy (non-hydrogen) atoms. The lowest BCUT2D eigenvalue weighted by Gasteiger charge is -2.30. The number of rotatable bonds is 11. The Bertz CT molecular complexity index is 337. The number of allylic oxidation sites excluding steroid dienone is 3. The number of unbranched alkanes of at least 4 members (excludes halogenated alkanes) is 1. The highest BCUT2D eigenvalue weighted by molar-refractivity contribution is 6.73. The zero-order valence-electron chi connectivity index (χ0n) is 15.2. The molecule has 0 fully saturated rings. The minimum absolute atomic E-state index is 0.0902. The molecule has 0 aromatic rings. The molecule has 1 aliphatic rings. The molecule has 0 unspecified atom stereocenters. The van der Waals surface area contributed by atoms with Crippen LogP contribution in [0.2, 0.25) is 18.1 Å². The Labute approximate surface area is 139 Å². The van der Waals surface area contributed by atoms with Gasteiger partial charge in [0.2, 0.25) is 0 Å². The number of hydrogen-bond donors (Lipinski definition) is 0. The quantitative estimate of drug-likeness (QED) is 0.332. The standard InChI is InChI=1S/C19H36O2Si/c1-5-9-11-16-19(21-18-14-12-10-13-15-18)17-20-22(6-2,7-3)8-4/h11,14,16,19H,5-10,12-13,15,17H2,1-4H3/b16-11-/t19-/m0/s1. The van der Waals surface area contributed by atoms with E-state index in [1.165, 1.54) is 49.6 Å². The Kier molecular flexibility index (Phi) is 9.81. The van der Waals surface area contributed by atoms with E-state index in [9.17, 15) is 0 Å². The average molecular weight is 325 g/mol. The molecule has 0 spiro atoms. The smallest absolute Gasteiger partial charge is 0.192 e. The maximum atomic E-state index is 6.45. The van der Waals surface area contributed by atoms with Crippen molar-refractivity contribution in [3.63, 3.8) is 0 Å². The van der Waals surface area contributed by atoms with Crippen molar-refractivity contribution in [2.24, 2.45) is 0 Å². The van der Waals surface area contributed by atoms with Gasteiger partial charge in [-0.25, -0.2) is 0 Å². The zero-order valence-corrected chi connectivity index (χ0v) is 16.2. The van der Waals surface area contributed by atoms with Gasteiger partial charge in [0.05, 0.1) is 12.4 Å². The van der Waals surface area contributed by atoms with Crippen LogP contribution in [0.15, 0.2) is 24.0 Å². The first kappa shape index (κ1) is 19.5. The molecule has 0 saturated carbocycles. The van der Waals surface area contributed by atoms with Crippen molar-refractivity contribution in [1.82, 2.24) is 0 Å². The fraction of sp³-hybridized carbons (Fsp3) is 0.789. The van der Waals surface area contributed by atoms with Crippen molar-refractivity contribution >= 4 is 8.32 Å². The van der Waals surface area contributed by atoms with Gasteiger partial charge >= 0.3 is 0 Å². The second kappa shape index (κ2) is 11.1. The predicted molar refractivity (Wildman–Crippen MR) is 98.6 cm³/mol. The van der Waals surface area contributed by atoms with Crippen LogP contribution in [0.5, 0.6) is 0 Å². The van der Waals surface area contributed by atoms with Gasteiger partial charge in [0.25, 0.3) is 0 Å². The van der Waals surface area contributed by atoms with Gasteiger partial charge in [-0.3, -0.25) is 0 Å². The highest BCUT2D eigenvalue weighted by Crippen LogP contribution is 2.24. The monoisotopic (exact) mass is 324 g/mol. The summed E-state index contributed by atoms with van der Waals surface area (Å²) in [6.45, 7) is 9.78. The molecular formula is C19H36O2Si. The number of ether oxygens (including phenoxy) is 1. The normalized spacial score (nSPS) is 17.5. The highest BCUT2D eigenvalue weighted by Gasteiger charge is 2.29. The zero-order chi connectivity index (χ0) is 16.3. The molecule has 0 aromatic heterocycles. The van der Waals surface area contributed by atoms with Gasteiger partial charge in [0.15, 0.2) is 8.32 Å². The van der Waals surface area contributed by atoms with Crippen LogP contribution >= 0.6 is 0 Å². The van der Waals surface area contributed by atoms with E-state index in [1.807, 2.05) is 0 Å². The molecule has 1 aliphatic carbocycles. The molecule has 0 saturated heterocycles. The second-order valence-electron chi connectivity index (χ2n) is 6.34. The van der Waals surface area contributed by atoms with Gasteiger partial charge in [-0.05, 0) is 56.0 Å². The largest absolute Gasteiger partial charge is 0.489 e. The molecule has 0 aromatic carbocycles. The minimum Gasteiger partial charge on any atom is -0.489 e. The Hall–Kier alpha value is -0.543. The summed E-state index contributed by atoms with van der Waals surface area (Å²) < 4.78 is 12.7. The van der Waals surface area contributed by atoms with Crippen LogP contribution in [0.1, 0.15) is 66.2 Å². The summed E-state index contributed by atoms with van der Waals surface area (Å²) in [7, 11) is -1.53. The fourth-order valence-electron chi connectivity index (χ4n) is 2.97. The third-order valence-corrected chi connectivity index (χ3v) is 9.49. The summed E-state index contributed by atoms with van der Waals surface area (Å²) in [4.78, 5) is 0. The lowest BCUT2D eigenvalue weighted by molar-refractivity contribution is 0.0889. The van der Waals surface area contributed by atoms with E-state index in [1.54, 1.807) is 0 Å². The van der Waals surface area contributed by atoms with Crippen LogP contribution in [-0.2, 0) is 9.16 Å². The molecule has 0 N–H and O–H groups in total. The average Bonchev–Trinajstić information content (AvgIpc) is 2.57. The SMILES string of the molecule is CCC/C=C\[C@@H](CO[Si](CC)(CC)CC)OC1=CCCCC1. The van der Waals surface area contributed by atoms with Crippen molar-refractivity contribution in [3.8, 4) is 0 Å². The van der Waals surface area contributed by atoms with Crippen molar-refractivity contribution in [1.29, 1.82) is 0 Å². The third kappa shape index (κ3) is 6.70. The summed E-state index contributed by atoms with van der Waals surface area (Å²) in [6, 6.07) is 3.61. The lowest BCUT2D eigenvalue weighted by atomic mass is 10.1. The molecule has 1 atom stereocenters. The molecular weight excluding hydrogens is 288 g/mol. The first-order valence-corrected chi connectivity index (χ1v) is 11.9. The van der Waals surface area contributed by atoms with Crippen LogP contribution in [0, 0.1) is 0 Å². The molecule has 0 heterocycles. The van der Waals surface area contributed by atoms with Crippen LogP contribution in [0.25, 0.3) is 0 Å². The fourth-order valence-corrected chi connectivity index (χ4v) is 5.60. The van der Waals surface area contributed by atoms with E-state index in [0.717, 1.165) is 19.4 Å². The van der Waals surface area contributed by atoms with Crippen LogP contribution < -0.4 is 0 Å². The van der Waals surface area contributed by atoms with E-state index in [0.29, 0.717) is 0 Å². The molecule has 0 bridgehead atoms. The molecule has 1 rings (SSSR count). The summed E-state index contributed by atoms with van der Waals surface area (Å²) >= 11 is 0. The summed E-state index contributed by atoms with van der Waals surface area (Å²) in [6.07, 6.45) is 14.0. The number of hydrogen-bond acceptors (Lipinski definition) is 2. The molecule has 0 aliphatic heterocycles. The first-order valence-electron chi connectivity index (χ1n) is 9.36. The summed E-state index contributed by atoms with van der Waals surface area (Å²) in [5, 5.41) is 0. The Morgan fingerprint density at radius 2 is 1.86 bits per heavy atom. The predicted octanol–water partition coefficient (Wildman–Crippen LogP) is 6.21. The van der Waals surface area contributed by atoms with Crippen molar-refractivity contribution in [2.75, 3.05) is 6.61 Å². The van der Waals surface area contributed by atoms with E-state index in [2.05, 4.69) is 45.9 Å². The summed E-state index contributed by atoms with van der Waals surface area (Å²) in [5.41, 5.74) is 0. The lowest BCUT2D eigenvalue weighted by Crippen LogP contribution is -2.38. The van der Waals surface area contributed by atoms with E-state index in [4.69, 9.17) is 9.16 Å².